The van der Waals surface area contributed by atoms with Crippen LogP contribution in [0, 0.1) is 17.8 Å². The SMILES string of the molecule is CCCCCC/C=C/[C@H]1CCC[C@@H]1CCCCCC(CO)C(O)(O)O. The van der Waals surface area contributed by atoms with E-state index in [9.17, 15) is 0 Å². The van der Waals surface area contributed by atoms with E-state index in [1.54, 1.807) is 0 Å². The summed E-state index contributed by atoms with van der Waals surface area (Å²) in [6.07, 6.45) is 20.0. The number of aliphatic hydroxyl groups excluding tert-OH is 1. The van der Waals surface area contributed by atoms with Crippen LogP contribution in [-0.2, 0) is 0 Å². The van der Waals surface area contributed by atoms with Crippen molar-refractivity contribution < 1.29 is 20.4 Å². The van der Waals surface area contributed by atoms with Crippen molar-refractivity contribution in [3.05, 3.63) is 12.2 Å². The molecule has 0 radical (unpaired) electrons. The van der Waals surface area contributed by atoms with Gasteiger partial charge >= 0.3 is 0 Å². The van der Waals surface area contributed by atoms with Gasteiger partial charge in [-0.15, -0.1) is 0 Å². The van der Waals surface area contributed by atoms with Gasteiger partial charge in [0.05, 0.1) is 12.5 Å². The maximum absolute atomic E-state index is 9.14. The van der Waals surface area contributed by atoms with Crippen molar-refractivity contribution in [2.75, 3.05) is 6.61 Å². The topological polar surface area (TPSA) is 80.9 Å². The highest BCUT2D eigenvalue weighted by Gasteiger charge is 2.31. The number of hydrogen-bond acceptors (Lipinski definition) is 4. The predicted octanol–water partition coefficient (Wildman–Crippen LogP) is 4.12. The third kappa shape index (κ3) is 9.74. The summed E-state index contributed by atoms with van der Waals surface area (Å²) in [5, 5.41) is 36.5. The largest absolute Gasteiger partial charge is 0.396 e. The molecule has 1 saturated carbocycles. The third-order valence-corrected chi connectivity index (χ3v) is 5.72. The van der Waals surface area contributed by atoms with Crippen molar-refractivity contribution in [2.45, 2.75) is 96.4 Å². The Morgan fingerprint density at radius 3 is 2.44 bits per heavy atom. The van der Waals surface area contributed by atoms with Gasteiger partial charge < -0.3 is 20.4 Å². The maximum atomic E-state index is 9.14. The number of allylic oxidation sites excluding steroid dienone is 2. The average molecular weight is 357 g/mol. The molecular weight excluding hydrogens is 316 g/mol. The molecule has 4 N–H and O–H groups in total. The summed E-state index contributed by atoms with van der Waals surface area (Å²) in [5.41, 5.74) is 0. The van der Waals surface area contributed by atoms with Gasteiger partial charge in [0.1, 0.15) is 0 Å². The second-order valence-corrected chi connectivity index (χ2v) is 7.84. The van der Waals surface area contributed by atoms with Gasteiger partial charge in [0.15, 0.2) is 0 Å². The number of rotatable bonds is 14. The van der Waals surface area contributed by atoms with E-state index >= 15 is 0 Å². The van der Waals surface area contributed by atoms with Crippen LogP contribution >= 0.6 is 0 Å². The fourth-order valence-electron chi connectivity index (χ4n) is 4.02. The molecule has 1 aliphatic carbocycles. The molecule has 1 rings (SSSR count). The van der Waals surface area contributed by atoms with E-state index in [0.717, 1.165) is 31.1 Å². The molecule has 148 valence electrons. The van der Waals surface area contributed by atoms with Crippen LogP contribution in [0.3, 0.4) is 0 Å². The van der Waals surface area contributed by atoms with Gasteiger partial charge in [0.2, 0.25) is 0 Å². The van der Waals surface area contributed by atoms with Crippen LogP contribution in [-0.4, -0.2) is 33.0 Å². The van der Waals surface area contributed by atoms with Gasteiger partial charge in [-0.2, -0.15) is 0 Å². The van der Waals surface area contributed by atoms with E-state index in [2.05, 4.69) is 19.1 Å². The van der Waals surface area contributed by atoms with Crippen molar-refractivity contribution in [2.24, 2.45) is 17.8 Å². The van der Waals surface area contributed by atoms with Crippen LogP contribution in [0.5, 0.6) is 0 Å². The molecular formula is C21H40O4. The minimum absolute atomic E-state index is 0.406. The first-order chi connectivity index (χ1) is 12.0. The Morgan fingerprint density at radius 2 is 1.76 bits per heavy atom. The van der Waals surface area contributed by atoms with E-state index in [1.807, 2.05) is 0 Å². The van der Waals surface area contributed by atoms with Gasteiger partial charge in [0, 0.05) is 0 Å². The zero-order chi connectivity index (χ0) is 18.5. The van der Waals surface area contributed by atoms with Crippen molar-refractivity contribution >= 4 is 0 Å². The minimum atomic E-state index is -2.76. The number of aliphatic hydroxyl groups is 4. The van der Waals surface area contributed by atoms with Crippen molar-refractivity contribution in [3.8, 4) is 0 Å². The molecule has 4 nitrogen and oxygen atoms in total. The molecule has 1 aliphatic rings. The highest BCUT2D eigenvalue weighted by atomic mass is 16.7. The highest BCUT2D eigenvalue weighted by Crippen LogP contribution is 2.36. The predicted molar refractivity (Wildman–Crippen MR) is 102 cm³/mol. The molecule has 1 unspecified atom stereocenters. The Morgan fingerprint density at radius 1 is 1.00 bits per heavy atom. The summed E-state index contributed by atoms with van der Waals surface area (Å²) < 4.78 is 0. The standard InChI is InChI=1S/C21H40O4/c1-2-3-4-5-6-8-12-18-14-11-15-19(18)13-9-7-10-16-20(17-22)21(23,24)25/h8,12,18-20,22-25H,2-7,9-11,13-17H2,1H3/b12-8+/t18-,19-,20?/m0/s1. The van der Waals surface area contributed by atoms with Gasteiger partial charge in [-0.25, -0.2) is 0 Å². The van der Waals surface area contributed by atoms with Gasteiger partial charge in [-0.3, -0.25) is 0 Å². The molecule has 0 amide bonds. The Kier molecular flexibility index (Phi) is 11.6. The summed E-state index contributed by atoms with van der Waals surface area (Å²) in [6.45, 7) is 1.84. The molecule has 25 heavy (non-hydrogen) atoms. The van der Waals surface area contributed by atoms with Gasteiger partial charge in [-0.05, 0) is 50.4 Å². The van der Waals surface area contributed by atoms with E-state index in [0.29, 0.717) is 6.42 Å². The Hall–Kier alpha value is -0.420. The smallest absolute Gasteiger partial charge is 0.280 e. The summed E-state index contributed by atoms with van der Waals surface area (Å²) >= 11 is 0. The highest BCUT2D eigenvalue weighted by molar-refractivity contribution is 4.94. The quantitative estimate of drug-likeness (QED) is 0.214. The Labute approximate surface area is 154 Å². The van der Waals surface area contributed by atoms with E-state index in [4.69, 9.17) is 20.4 Å². The lowest BCUT2D eigenvalue weighted by Gasteiger charge is -2.24. The van der Waals surface area contributed by atoms with Crippen molar-refractivity contribution in [1.29, 1.82) is 0 Å². The summed E-state index contributed by atoms with van der Waals surface area (Å²) in [6, 6.07) is 0. The molecule has 0 saturated heterocycles. The average Bonchev–Trinajstić information content (AvgIpc) is 3.00. The first kappa shape index (κ1) is 22.6. The zero-order valence-electron chi connectivity index (χ0n) is 16.1. The van der Waals surface area contributed by atoms with Crippen LogP contribution in [0.4, 0.5) is 0 Å². The molecule has 1 fully saturated rings. The molecule has 0 aliphatic heterocycles. The number of hydrogen-bond donors (Lipinski definition) is 4. The van der Waals surface area contributed by atoms with Crippen LogP contribution in [0.15, 0.2) is 12.2 Å². The molecule has 0 heterocycles. The molecule has 0 aromatic carbocycles. The maximum Gasteiger partial charge on any atom is 0.280 e. The monoisotopic (exact) mass is 356 g/mol. The molecule has 0 bridgehead atoms. The van der Waals surface area contributed by atoms with E-state index in [1.165, 1.54) is 57.8 Å². The Bertz CT molecular complexity index is 348. The van der Waals surface area contributed by atoms with Crippen LogP contribution < -0.4 is 0 Å². The van der Waals surface area contributed by atoms with Crippen molar-refractivity contribution in [1.82, 2.24) is 0 Å². The van der Waals surface area contributed by atoms with Crippen LogP contribution in [0.2, 0.25) is 0 Å². The summed E-state index contributed by atoms with van der Waals surface area (Å²) in [5.74, 6) is -2.08. The second-order valence-electron chi connectivity index (χ2n) is 7.84. The fraction of sp³-hybridized carbons (Fsp3) is 0.905. The van der Waals surface area contributed by atoms with Crippen LogP contribution in [0.25, 0.3) is 0 Å². The molecule has 0 spiro atoms. The Balaban J connectivity index is 2.15. The lowest BCUT2D eigenvalue weighted by molar-refractivity contribution is -0.346. The molecule has 0 aromatic rings. The second kappa shape index (κ2) is 12.9. The van der Waals surface area contributed by atoms with Crippen LogP contribution in [0.1, 0.15) is 90.4 Å². The minimum Gasteiger partial charge on any atom is -0.396 e. The van der Waals surface area contributed by atoms with Crippen molar-refractivity contribution in [3.63, 3.8) is 0 Å². The fourth-order valence-corrected chi connectivity index (χ4v) is 4.02. The van der Waals surface area contributed by atoms with Gasteiger partial charge in [0.25, 0.3) is 5.97 Å². The lowest BCUT2D eigenvalue weighted by atomic mass is 9.89. The van der Waals surface area contributed by atoms with E-state index < -0.39 is 18.5 Å². The third-order valence-electron chi connectivity index (χ3n) is 5.72. The normalized spacial score (nSPS) is 22.8. The zero-order valence-corrected chi connectivity index (χ0v) is 16.1. The number of unbranched alkanes of at least 4 members (excludes halogenated alkanes) is 6. The first-order valence-corrected chi connectivity index (χ1v) is 10.4. The summed E-state index contributed by atoms with van der Waals surface area (Å²) in [4.78, 5) is 0. The summed E-state index contributed by atoms with van der Waals surface area (Å²) in [7, 11) is 0. The van der Waals surface area contributed by atoms with E-state index in [-0.39, 0.29) is 0 Å². The molecule has 3 atom stereocenters. The van der Waals surface area contributed by atoms with Gasteiger partial charge in [-0.1, -0.05) is 64.0 Å². The molecule has 4 heteroatoms. The molecule has 0 aromatic heterocycles. The first-order valence-electron chi connectivity index (χ1n) is 10.4. The lowest BCUT2D eigenvalue weighted by Crippen LogP contribution is -2.39.